The molecule has 1 heteroatoms. The smallest absolute Gasteiger partial charge is 0.0703 e. The third-order valence-electron chi connectivity index (χ3n) is 4.30. The highest BCUT2D eigenvalue weighted by Gasteiger charge is 2.52. The second-order valence-electron chi connectivity index (χ2n) is 5.59. The van der Waals surface area contributed by atoms with Gasteiger partial charge in [0.25, 0.3) is 0 Å². The van der Waals surface area contributed by atoms with Crippen molar-refractivity contribution in [3.05, 3.63) is 0 Å². The molecular formula is C13H24O. The molecule has 1 N–H and O–H groups in total. The van der Waals surface area contributed by atoms with E-state index < -0.39 is 0 Å². The third-order valence-corrected chi connectivity index (χ3v) is 4.30. The first-order valence-electron chi connectivity index (χ1n) is 6.39. The molecule has 1 unspecified atom stereocenters. The molecule has 0 bridgehead atoms. The van der Waals surface area contributed by atoms with Crippen LogP contribution in [0.3, 0.4) is 0 Å². The van der Waals surface area contributed by atoms with Gasteiger partial charge in [-0.1, -0.05) is 20.3 Å². The van der Waals surface area contributed by atoms with Crippen LogP contribution in [-0.2, 0) is 0 Å². The molecule has 0 spiro atoms. The van der Waals surface area contributed by atoms with E-state index in [2.05, 4.69) is 13.8 Å². The Morgan fingerprint density at radius 2 is 1.71 bits per heavy atom. The van der Waals surface area contributed by atoms with Crippen LogP contribution in [0.4, 0.5) is 0 Å². The first-order chi connectivity index (χ1) is 6.66. The van der Waals surface area contributed by atoms with E-state index in [4.69, 9.17) is 0 Å². The summed E-state index contributed by atoms with van der Waals surface area (Å²) >= 11 is 0. The van der Waals surface area contributed by atoms with E-state index >= 15 is 0 Å². The summed E-state index contributed by atoms with van der Waals surface area (Å²) < 4.78 is 0. The van der Waals surface area contributed by atoms with Crippen LogP contribution in [0, 0.1) is 17.8 Å². The summed E-state index contributed by atoms with van der Waals surface area (Å²) in [4.78, 5) is 0. The van der Waals surface area contributed by atoms with Crippen molar-refractivity contribution in [1.29, 1.82) is 0 Å². The van der Waals surface area contributed by atoms with E-state index in [0.29, 0.717) is 11.8 Å². The van der Waals surface area contributed by atoms with E-state index in [0.717, 1.165) is 12.3 Å². The Hall–Kier alpha value is -0.0400. The van der Waals surface area contributed by atoms with Crippen molar-refractivity contribution in [3.8, 4) is 0 Å². The van der Waals surface area contributed by atoms with Crippen molar-refractivity contribution in [2.45, 2.75) is 64.4 Å². The van der Waals surface area contributed by atoms with Crippen molar-refractivity contribution in [1.82, 2.24) is 0 Å². The highest BCUT2D eigenvalue weighted by atomic mass is 16.3. The zero-order valence-corrected chi connectivity index (χ0v) is 9.63. The minimum Gasteiger partial charge on any atom is -0.389 e. The third kappa shape index (κ3) is 2.13. The Labute approximate surface area is 87.9 Å². The lowest BCUT2D eigenvalue weighted by molar-refractivity contribution is -0.0178. The normalized spacial score (nSPS) is 25.1. The maximum Gasteiger partial charge on any atom is 0.0703 e. The number of hydrogen-bond donors (Lipinski definition) is 1. The summed E-state index contributed by atoms with van der Waals surface area (Å²) in [7, 11) is 0. The van der Waals surface area contributed by atoms with Crippen molar-refractivity contribution in [3.63, 3.8) is 0 Å². The van der Waals surface area contributed by atoms with Crippen LogP contribution in [-0.4, -0.2) is 10.7 Å². The molecule has 2 saturated carbocycles. The zero-order valence-electron chi connectivity index (χ0n) is 9.63. The Kier molecular flexibility index (Phi) is 2.88. The Balaban J connectivity index is 1.84. The predicted molar refractivity (Wildman–Crippen MR) is 59.1 cm³/mol. The maximum atomic E-state index is 10.6. The molecule has 0 aromatic carbocycles. The van der Waals surface area contributed by atoms with Gasteiger partial charge in [0.15, 0.2) is 0 Å². The van der Waals surface area contributed by atoms with Gasteiger partial charge in [0.1, 0.15) is 0 Å². The van der Waals surface area contributed by atoms with Gasteiger partial charge in [-0.15, -0.1) is 0 Å². The molecule has 82 valence electrons. The van der Waals surface area contributed by atoms with Crippen LogP contribution in [0.5, 0.6) is 0 Å². The van der Waals surface area contributed by atoms with E-state index in [1.165, 1.54) is 38.5 Å². The average Bonchev–Trinajstić information content (AvgIpc) is 3.05. The number of aliphatic hydroxyl groups is 1. The molecule has 0 heterocycles. The maximum absolute atomic E-state index is 10.6. The average molecular weight is 196 g/mol. The topological polar surface area (TPSA) is 20.2 Å². The molecule has 1 atom stereocenters. The van der Waals surface area contributed by atoms with Gasteiger partial charge in [0, 0.05) is 0 Å². The number of rotatable bonds is 6. The molecule has 2 rings (SSSR count). The van der Waals surface area contributed by atoms with Crippen LogP contribution in [0.2, 0.25) is 0 Å². The molecule has 2 aliphatic carbocycles. The van der Waals surface area contributed by atoms with E-state index in [1.807, 2.05) is 0 Å². The van der Waals surface area contributed by atoms with Gasteiger partial charge < -0.3 is 5.11 Å². The molecule has 0 aliphatic heterocycles. The summed E-state index contributed by atoms with van der Waals surface area (Å²) in [5.74, 6) is 2.12. The van der Waals surface area contributed by atoms with Crippen molar-refractivity contribution in [2.75, 3.05) is 0 Å². The highest BCUT2D eigenvalue weighted by Crippen LogP contribution is 2.54. The monoisotopic (exact) mass is 196 g/mol. The van der Waals surface area contributed by atoms with Crippen molar-refractivity contribution < 1.29 is 5.11 Å². The molecule has 14 heavy (non-hydrogen) atoms. The lowest BCUT2D eigenvalue weighted by Crippen LogP contribution is -2.34. The summed E-state index contributed by atoms with van der Waals surface area (Å²) in [5.41, 5.74) is -0.247. The van der Waals surface area contributed by atoms with Crippen LogP contribution >= 0.6 is 0 Å². The molecule has 1 nitrogen and oxygen atoms in total. The fraction of sp³-hybridized carbons (Fsp3) is 1.00. The quantitative estimate of drug-likeness (QED) is 0.690. The molecular weight excluding hydrogens is 172 g/mol. The molecule has 0 saturated heterocycles. The molecule has 0 aromatic rings. The minimum atomic E-state index is -0.247. The van der Waals surface area contributed by atoms with Crippen LogP contribution in [0.1, 0.15) is 58.8 Å². The lowest BCUT2D eigenvalue weighted by atomic mass is 9.84. The number of hydrogen-bond acceptors (Lipinski definition) is 1. The first-order valence-corrected chi connectivity index (χ1v) is 6.39. The van der Waals surface area contributed by atoms with Gasteiger partial charge in [0.05, 0.1) is 5.60 Å². The van der Waals surface area contributed by atoms with Gasteiger partial charge in [-0.25, -0.2) is 0 Å². The van der Waals surface area contributed by atoms with Gasteiger partial charge in [0.2, 0.25) is 0 Å². The molecule has 2 fully saturated rings. The van der Waals surface area contributed by atoms with Crippen LogP contribution in [0.25, 0.3) is 0 Å². The summed E-state index contributed by atoms with van der Waals surface area (Å²) in [6, 6.07) is 0. The highest BCUT2D eigenvalue weighted by molar-refractivity contribution is 5.03. The molecule has 0 amide bonds. The largest absolute Gasteiger partial charge is 0.389 e. The second kappa shape index (κ2) is 3.84. The summed E-state index contributed by atoms with van der Waals surface area (Å²) in [6.07, 6.45) is 8.69. The Morgan fingerprint density at radius 1 is 1.21 bits per heavy atom. The molecule has 2 aliphatic rings. The lowest BCUT2D eigenvalue weighted by Gasteiger charge is -2.29. The summed E-state index contributed by atoms with van der Waals surface area (Å²) in [6.45, 7) is 4.55. The fourth-order valence-electron chi connectivity index (χ4n) is 2.59. The van der Waals surface area contributed by atoms with Gasteiger partial charge in [-0.05, 0) is 56.3 Å². The standard InChI is InChI=1S/C13H24O/c1-3-10(2)8-9-13(14,11-4-5-11)12-6-7-12/h10-12,14H,3-9H2,1-2H3. The van der Waals surface area contributed by atoms with E-state index in [9.17, 15) is 5.11 Å². The minimum absolute atomic E-state index is 0.247. The van der Waals surface area contributed by atoms with E-state index in [-0.39, 0.29) is 5.60 Å². The molecule has 0 radical (unpaired) electrons. The van der Waals surface area contributed by atoms with Gasteiger partial charge >= 0.3 is 0 Å². The van der Waals surface area contributed by atoms with Crippen molar-refractivity contribution in [2.24, 2.45) is 17.8 Å². The Morgan fingerprint density at radius 3 is 2.07 bits per heavy atom. The summed E-state index contributed by atoms with van der Waals surface area (Å²) in [5, 5.41) is 10.6. The Bertz CT molecular complexity index is 179. The van der Waals surface area contributed by atoms with Crippen LogP contribution in [0.15, 0.2) is 0 Å². The SMILES string of the molecule is CCC(C)CCC(O)(C1CC1)C1CC1. The molecule has 0 aromatic heterocycles. The predicted octanol–water partition coefficient (Wildman–Crippen LogP) is 3.36. The fourth-order valence-corrected chi connectivity index (χ4v) is 2.59. The van der Waals surface area contributed by atoms with Gasteiger partial charge in [-0.2, -0.15) is 0 Å². The van der Waals surface area contributed by atoms with Gasteiger partial charge in [-0.3, -0.25) is 0 Å². The second-order valence-corrected chi connectivity index (χ2v) is 5.59. The van der Waals surface area contributed by atoms with Crippen LogP contribution < -0.4 is 0 Å². The van der Waals surface area contributed by atoms with E-state index in [1.54, 1.807) is 0 Å². The first kappa shape index (κ1) is 10.5. The van der Waals surface area contributed by atoms with Crippen molar-refractivity contribution >= 4 is 0 Å². The zero-order chi connectivity index (χ0) is 10.2.